The van der Waals surface area contributed by atoms with Crippen molar-refractivity contribution in [1.82, 2.24) is 19.7 Å². The van der Waals surface area contributed by atoms with E-state index in [1.807, 2.05) is 0 Å². The molecule has 194 valence electrons. The van der Waals surface area contributed by atoms with Gasteiger partial charge in [0.2, 0.25) is 0 Å². The third kappa shape index (κ3) is 4.43. The number of hydrogen-bond acceptors (Lipinski definition) is 6. The number of nitrogens with two attached hydrogens (primary N) is 1. The number of rotatable bonds is 3. The lowest BCUT2D eigenvalue weighted by atomic mass is 9.83. The Morgan fingerprint density at radius 2 is 2.03 bits per heavy atom. The fourth-order valence-corrected chi connectivity index (χ4v) is 4.82. The van der Waals surface area contributed by atoms with Gasteiger partial charge in [-0.05, 0) is 36.6 Å². The molecule has 4 heterocycles. The van der Waals surface area contributed by atoms with Crippen molar-refractivity contribution < 1.29 is 31.9 Å². The van der Waals surface area contributed by atoms with E-state index in [4.69, 9.17) is 22.1 Å². The van der Waals surface area contributed by atoms with Crippen LogP contribution in [-0.2, 0) is 23.1 Å². The quantitative estimate of drug-likeness (QED) is 0.477. The van der Waals surface area contributed by atoms with Gasteiger partial charge in [0.25, 0.3) is 5.91 Å². The lowest BCUT2D eigenvalue weighted by molar-refractivity contribution is -0.141. The number of aromatic nitrogens is 3. The molecule has 3 aromatic rings. The largest absolute Gasteiger partial charge is 0.436 e. The molecule has 1 atom stereocenters. The molecule has 1 fully saturated rings. The van der Waals surface area contributed by atoms with Crippen molar-refractivity contribution in [3.63, 3.8) is 0 Å². The lowest BCUT2D eigenvalue weighted by Gasteiger charge is -2.45. The summed E-state index contributed by atoms with van der Waals surface area (Å²) in [6.45, 7) is 0.127. The first-order valence-electron chi connectivity index (χ1n) is 11.1. The minimum atomic E-state index is -4.56. The van der Waals surface area contributed by atoms with Crippen LogP contribution in [0.2, 0.25) is 5.02 Å². The molecule has 2 amide bonds. The van der Waals surface area contributed by atoms with E-state index >= 15 is 4.39 Å². The van der Waals surface area contributed by atoms with Crippen molar-refractivity contribution in [2.45, 2.75) is 31.2 Å². The highest BCUT2D eigenvalue weighted by atomic mass is 35.5. The van der Waals surface area contributed by atoms with Gasteiger partial charge in [-0.2, -0.15) is 18.3 Å². The summed E-state index contributed by atoms with van der Waals surface area (Å²) in [5.41, 5.74) is 4.39. The number of anilines is 2. The molecule has 2 aromatic heterocycles. The number of piperidine rings is 1. The van der Waals surface area contributed by atoms with Gasteiger partial charge in [-0.15, -0.1) is 0 Å². The number of benzene rings is 1. The zero-order valence-corrected chi connectivity index (χ0v) is 19.7. The maximum atomic E-state index is 15.1. The van der Waals surface area contributed by atoms with E-state index in [2.05, 4.69) is 15.4 Å². The molecule has 0 saturated carbocycles. The number of fused-ring (bicyclic) bond motifs is 2. The number of pyridine rings is 1. The summed E-state index contributed by atoms with van der Waals surface area (Å²) in [4.78, 5) is 30.4. The molecule has 1 saturated heterocycles. The van der Waals surface area contributed by atoms with E-state index in [9.17, 15) is 22.8 Å². The predicted octanol–water partition coefficient (Wildman–Crippen LogP) is 4.41. The Morgan fingerprint density at radius 3 is 2.73 bits per heavy atom. The first kappa shape index (κ1) is 24.8. The summed E-state index contributed by atoms with van der Waals surface area (Å²) in [6, 6.07) is 4.89. The van der Waals surface area contributed by atoms with E-state index in [0.29, 0.717) is 12.0 Å². The third-order valence-corrected chi connectivity index (χ3v) is 6.67. The van der Waals surface area contributed by atoms with Crippen LogP contribution in [0.15, 0.2) is 36.7 Å². The molecule has 5 rings (SSSR count). The average Bonchev–Trinajstić information content (AvgIpc) is 3.20. The molecule has 0 radical (unpaired) electrons. The van der Waals surface area contributed by atoms with E-state index in [1.54, 1.807) is 0 Å². The van der Waals surface area contributed by atoms with Gasteiger partial charge >= 0.3 is 12.3 Å². The van der Waals surface area contributed by atoms with Crippen LogP contribution in [0.3, 0.4) is 0 Å². The molecule has 0 unspecified atom stereocenters. The van der Waals surface area contributed by atoms with Crippen molar-refractivity contribution in [1.29, 1.82) is 0 Å². The Hall–Kier alpha value is -3.87. The van der Waals surface area contributed by atoms with Crippen LogP contribution in [0.4, 0.5) is 33.9 Å². The van der Waals surface area contributed by atoms with Crippen molar-refractivity contribution in [3.05, 3.63) is 69.9 Å². The maximum absolute atomic E-state index is 15.1. The summed E-state index contributed by atoms with van der Waals surface area (Å²) in [7, 11) is 0. The summed E-state index contributed by atoms with van der Waals surface area (Å²) >= 11 is 5.99. The van der Waals surface area contributed by atoms with E-state index in [0.717, 1.165) is 12.3 Å². The zero-order chi connectivity index (χ0) is 26.5. The van der Waals surface area contributed by atoms with E-state index in [-0.39, 0.29) is 53.7 Å². The van der Waals surface area contributed by atoms with Gasteiger partial charge in [0, 0.05) is 12.7 Å². The molecule has 1 spiro atoms. The zero-order valence-electron chi connectivity index (χ0n) is 19.0. The highest BCUT2D eigenvalue weighted by molar-refractivity contribution is 6.31. The molecular formula is C23H19ClF4N6O3. The Labute approximate surface area is 212 Å². The van der Waals surface area contributed by atoms with Crippen LogP contribution in [0.25, 0.3) is 0 Å². The minimum Gasteiger partial charge on any atom is -0.436 e. The first-order chi connectivity index (χ1) is 17.5. The Bertz CT molecular complexity index is 1390. The van der Waals surface area contributed by atoms with Crippen LogP contribution in [-0.4, -0.2) is 44.8 Å². The standard InChI is InChI=1S/C23H19ClF4N6O3/c24-14-3-4-15-17(18(14)25)22(37-21(36)32-15)6-1-7-33(11-22)20(35)13-9-31-34(19(13)29)10-12-2-5-16(30-8-12)23(26,27)28/h2-5,8-9H,1,6-7,10-11,29H2,(H,32,36)/t22-/m0/s1. The fourth-order valence-electron chi connectivity index (χ4n) is 4.66. The number of alkyl halides is 3. The SMILES string of the molecule is Nc1c(C(=O)N2CCC[C@@]3(C2)OC(=O)Nc2ccc(Cl)c(F)c23)cnn1Cc1ccc(C(F)(F)F)nc1. The van der Waals surface area contributed by atoms with Crippen molar-refractivity contribution in [2.24, 2.45) is 0 Å². The van der Waals surface area contributed by atoms with Crippen molar-refractivity contribution in [2.75, 3.05) is 24.1 Å². The molecular weight excluding hydrogens is 520 g/mol. The van der Waals surface area contributed by atoms with Crippen LogP contribution in [0.5, 0.6) is 0 Å². The van der Waals surface area contributed by atoms with Gasteiger partial charge in [0.1, 0.15) is 17.1 Å². The molecule has 9 nitrogen and oxygen atoms in total. The predicted molar refractivity (Wildman–Crippen MR) is 123 cm³/mol. The smallest absolute Gasteiger partial charge is 0.433 e. The summed E-state index contributed by atoms with van der Waals surface area (Å²) in [6.07, 6.45) is -2.37. The second-order valence-corrected chi connectivity index (χ2v) is 9.18. The Balaban J connectivity index is 1.39. The number of nitrogens with zero attached hydrogens (tertiary/aromatic N) is 4. The first-order valence-corrected chi connectivity index (χ1v) is 11.5. The van der Waals surface area contributed by atoms with Crippen LogP contribution < -0.4 is 11.1 Å². The second-order valence-electron chi connectivity index (χ2n) is 8.77. The van der Waals surface area contributed by atoms with Gasteiger partial charge < -0.3 is 15.4 Å². The van der Waals surface area contributed by atoms with Gasteiger partial charge in [-0.3, -0.25) is 15.1 Å². The van der Waals surface area contributed by atoms with Gasteiger partial charge in [-0.1, -0.05) is 17.7 Å². The van der Waals surface area contributed by atoms with Crippen molar-refractivity contribution >= 4 is 35.1 Å². The number of ether oxygens (including phenoxy) is 1. The topological polar surface area (TPSA) is 115 Å². The van der Waals surface area contributed by atoms with E-state index < -0.39 is 35.3 Å². The van der Waals surface area contributed by atoms with Crippen molar-refractivity contribution in [3.8, 4) is 0 Å². The number of nitrogen functional groups attached to an aromatic ring is 1. The Kier molecular flexibility index (Phi) is 5.97. The average molecular weight is 539 g/mol. The lowest BCUT2D eigenvalue weighted by Crippen LogP contribution is -2.53. The molecule has 14 heteroatoms. The van der Waals surface area contributed by atoms with Crippen LogP contribution in [0, 0.1) is 5.82 Å². The fraction of sp³-hybridized carbons (Fsp3) is 0.304. The summed E-state index contributed by atoms with van der Waals surface area (Å²) in [5.74, 6) is -1.28. The number of carbonyl (C=O) groups excluding carboxylic acids is 2. The van der Waals surface area contributed by atoms with Gasteiger partial charge in [0.05, 0.1) is 35.6 Å². The molecule has 3 N–H and O–H groups in total. The van der Waals surface area contributed by atoms with Crippen LogP contribution >= 0.6 is 11.6 Å². The summed E-state index contributed by atoms with van der Waals surface area (Å²) < 4.78 is 60.2. The van der Waals surface area contributed by atoms with Crippen LogP contribution in [0.1, 0.15) is 40.0 Å². The minimum absolute atomic E-state index is 0.0125. The highest BCUT2D eigenvalue weighted by Crippen LogP contribution is 2.45. The van der Waals surface area contributed by atoms with Gasteiger partial charge in [0.15, 0.2) is 11.4 Å². The number of carbonyl (C=O) groups is 2. The molecule has 2 aliphatic rings. The molecule has 2 aliphatic heterocycles. The molecule has 0 bridgehead atoms. The number of nitrogens with one attached hydrogen (secondary N) is 1. The number of likely N-dealkylation sites (tertiary alicyclic amines) is 1. The maximum Gasteiger partial charge on any atom is 0.433 e. The normalized spacial score (nSPS) is 19.4. The monoisotopic (exact) mass is 538 g/mol. The van der Waals surface area contributed by atoms with E-state index in [1.165, 1.54) is 34.0 Å². The highest BCUT2D eigenvalue weighted by Gasteiger charge is 2.49. The second kappa shape index (κ2) is 8.91. The number of amides is 2. The van der Waals surface area contributed by atoms with Gasteiger partial charge in [-0.25, -0.2) is 13.9 Å². The summed E-state index contributed by atoms with van der Waals surface area (Å²) in [5, 5.41) is 6.41. The molecule has 1 aromatic carbocycles. The molecule has 37 heavy (non-hydrogen) atoms. The number of hydrogen-bond donors (Lipinski definition) is 2. The molecule has 0 aliphatic carbocycles. The number of halogens is 5. The Morgan fingerprint density at radius 1 is 1.24 bits per heavy atom. The third-order valence-electron chi connectivity index (χ3n) is 6.38.